The molecule has 3 aromatic carbocycles. The van der Waals surface area contributed by atoms with Gasteiger partial charge >= 0.3 is 5.97 Å². The van der Waals surface area contributed by atoms with Gasteiger partial charge in [-0.05, 0) is 48.0 Å². The minimum absolute atomic E-state index is 0.143. The summed E-state index contributed by atoms with van der Waals surface area (Å²) in [4.78, 5) is 27.9. The molecule has 3 aromatic rings. The summed E-state index contributed by atoms with van der Waals surface area (Å²) < 4.78 is 1.30. The fourth-order valence-electron chi connectivity index (χ4n) is 3.60. The van der Waals surface area contributed by atoms with Crippen LogP contribution in [0, 0.1) is 0 Å². The first kappa shape index (κ1) is 17.7. The van der Waals surface area contributed by atoms with Crippen molar-refractivity contribution in [2.24, 2.45) is 0 Å². The number of hydrogen-bond acceptors (Lipinski definition) is 4. The van der Waals surface area contributed by atoms with Crippen LogP contribution in [-0.2, 0) is 0 Å². The number of H-pyrrole nitrogens is 1. The van der Waals surface area contributed by atoms with E-state index < -0.39 is 5.97 Å². The summed E-state index contributed by atoms with van der Waals surface area (Å²) in [5.41, 5.74) is 10.2. The van der Waals surface area contributed by atoms with Gasteiger partial charge in [0.05, 0.1) is 22.5 Å². The molecule has 30 heavy (non-hydrogen) atoms. The second-order valence-corrected chi connectivity index (χ2v) is 6.96. The van der Waals surface area contributed by atoms with Crippen LogP contribution in [0.5, 0.6) is 0 Å². The molecule has 0 amide bonds. The molecule has 5 rings (SSSR count). The van der Waals surface area contributed by atoms with Gasteiger partial charge in [0.15, 0.2) is 0 Å². The Labute approximate surface area is 170 Å². The lowest BCUT2D eigenvalue weighted by Gasteiger charge is -2.10. The van der Waals surface area contributed by atoms with E-state index in [4.69, 9.17) is 10.8 Å². The van der Waals surface area contributed by atoms with Gasteiger partial charge in [-0.2, -0.15) is 9.78 Å². The molecule has 2 aliphatic rings. The number of benzene rings is 3. The highest BCUT2D eigenvalue weighted by Crippen LogP contribution is 2.34. The molecule has 4 N–H and O–H groups in total. The van der Waals surface area contributed by atoms with Crippen molar-refractivity contribution in [3.63, 3.8) is 0 Å². The zero-order valence-corrected chi connectivity index (χ0v) is 15.7. The SMILES string of the molecule is Nc1ccc(-c2[nH]c3ccccc3c3nn(-c4ccc(C(=O)O)cc4)c(=O)c2-3)cc1. The van der Waals surface area contributed by atoms with Gasteiger partial charge in [0.25, 0.3) is 5.56 Å². The van der Waals surface area contributed by atoms with Gasteiger partial charge in [0.2, 0.25) is 0 Å². The Hall–Kier alpha value is -4.39. The first-order valence-electron chi connectivity index (χ1n) is 9.26. The topological polar surface area (TPSA) is 114 Å². The quantitative estimate of drug-likeness (QED) is 0.402. The number of nitrogen functional groups attached to an aromatic ring is 1. The molecule has 0 saturated heterocycles. The molecule has 0 spiro atoms. The molecule has 7 heteroatoms. The van der Waals surface area contributed by atoms with Crippen molar-refractivity contribution in [3.8, 4) is 28.2 Å². The third kappa shape index (κ3) is 2.72. The van der Waals surface area contributed by atoms with Crippen molar-refractivity contribution < 1.29 is 9.90 Å². The van der Waals surface area contributed by atoms with E-state index >= 15 is 0 Å². The summed E-state index contributed by atoms with van der Waals surface area (Å²) in [6.45, 7) is 0. The van der Waals surface area contributed by atoms with Gasteiger partial charge in [0.1, 0.15) is 5.69 Å². The molecule has 0 aliphatic carbocycles. The molecular weight excluding hydrogens is 380 g/mol. The molecular formula is C23H16N4O3. The van der Waals surface area contributed by atoms with Gasteiger partial charge in [-0.15, -0.1) is 0 Å². The largest absolute Gasteiger partial charge is 0.478 e. The molecule has 146 valence electrons. The number of carboxylic acids is 1. The van der Waals surface area contributed by atoms with Crippen LogP contribution in [-0.4, -0.2) is 25.8 Å². The zero-order chi connectivity index (χ0) is 20.8. The van der Waals surface area contributed by atoms with Crippen molar-refractivity contribution in [1.82, 2.24) is 14.8 Å². The van der Waals surface area contributed by atoms with Gasteiger partial charge < -0.3 is 15.8 Å². The second-order valence-electron chi connectivity index (χ2n) is 6.96. The lowest BCUT2D eigenvalue weighted by Crippen LogP contribution is -2.15. The Bertz CT molecular complexity index is 1430. The zero-order valence-electron chi connectivity index (χ0n) is 15.7. The Morgan fingerprint density at radius 3 is 2.37 bits per heavy atom. The van der Waals surface area contributed by atoms with Gasteiger partial charge in [-0.1, -0.05) is 30.3 Å². The third-order valence-electron chi connectivity index (χ3n) is 5.09. The molecule has 7 nitrogen and oxygen atoms in total. The van der Waals surface area contributed by atoms with Crippen molar-refractivity contribution in [2.75, 3.05) is 5.73 Å². The molecule has 2 aliphatic heterocycles. The first-order chi connectivity index (χ1) is 14.5. The number of aromatic amines is 1. The lowest BCUT2D eigenvalue weighted by atomic mass is 10.00. The monoisotopic (exact) mass is 396 g/mol. The Kier molecular flexibility index (Phi) is 3.89. The van der Waals surface area contributed by atoms with Gasteiger partial charge in [-0.3, -0.25) is 4.79 Å². The van der Waals surface area contributed by atoms with Crippen LogP contribution in [0.25, 0.3) is 39.1 Å². The van der Waals surface area contributed by atoms with E-state index in [1.165, 1.54) is 16.8 Å². The van der Waals surface area contributed by atoms with E-state index in [2.05, 4.69) is 10.1 Å². The molecule has 0 atom stereocenters. The summed E-state index contributed by atoms with van der Waals surface area (Å²) in [6.07, 6.45) is 0. The minimum atomic E-state index is -1.03. The fourth-order valence-corrected chi connectivity index (χ4v) is 3.60. The number of carboxylic acid groups (broad SMARTS) is 1. The maximum atomic E-state index is 13.4. The van der Waals surface area contributed by atoms with E-state index in [1.54, 1.807) is 24.3 Å². The van der Waals surface area contributed by atoms with Crippen LogP contribution in [0.15, 0.2) is 77.6 Å². The number of nitrogens with one attached hydrogen (secondary N) is 1. The van der Waals surface area contributed by atoms with Gasteiger partial charge in [0, 0.05) is 16.6 Å². The van der Waals surface area contributed by atoms with Crippen LogP contribution in [0.3, 0.4) is 0 Å². The number of rotatable bonds is 3. The van der Waals surface area contributed by atoms with Crippen LogP contribution in [0.2, 0.25) is 0 Å². The molecule has 0 bridgehead atoms. The van der Waals surface area contributed by atoms with Crippen LogP contribution >= 0.6 is 0 Å². The standard InChI is InChI=1S/C23H16N4O3/c24-15-9-5-13(6-10-15)20-19-21(17-3-1-2-4-18(17)25-20)26-27(22(19)28)16-11-7-14(8-12-16)23(29)30/h1-12,25H,24H2,(H,29,30). The average Bonchev–Trinajstić information content (AvgIpc) is 3.11. The Balaban J connectivity index is 1.82. The third-order valence-corrected chi connectivity index (χ3v) is 5.09. The van der Waals surface area contributed by atoms with E-state index in [0.717, 1.165) is 16.5 Å². The minimum Gasteiger partial charge on any atom is -0.478 e. The van der Waals surface area contributed by atoms with Crippen LogP contribution < -0.4 is 11.3 Å². The number of nitrogens with two attached hydrogens (primary N) is 1. The summed E-state index contributed by atoms with van der Waals surface area (Å²) in [5, 5.41) is 14.5. The molecule has 0 radical (unpaired) electrons. The maximum Gasteiger partial charge on any atom is 0.335 e. The van der Waals surface area contributed by atoms with Crippen molar-refractivity contribution in [3.05, 3.63) is 88.7 Å². The summed E-state index contributed by atoms with van der Waals surface area (Å²) in [6, 6.07) is 21.0. The van der Waals surface area contributed by atoms with E-state index in [-0.39, 0.29) is 11.1 Å². The first-order valence-corrected chi connectivity index (χ1v) is 9.26. The van der Waals surface area contributed by atoms with Crippen molar-refractivity contribution in [2.45, 2.75) is 0 Å². The van der Waals surface area contributed by atoms with Crippen LogP contribution in [0.1, 0.15) is 10.4 Å². The maximum absolute atomic E-state index is 13.4. The number of pyridine rings is 1. The predicted molar refractivity (Wildman–Crippen MR) is 115 cm³/mol. The summed E-state index contributed by atoms with van der Waals surface area (Å²) >= 11 is 0. The van der Waals surface area contributed by atoms with Crippen LogP contribution in [0.4, 0.5) is 5.69 Å². The number of aromatic carboxylic acids is 1. The number of nitrogens with zero attached hydrogens (tertiary/aromatic N) is 2. The fraction of sp³-hybridized carbons (Fsp3) is 0. The van der Waals surface area contributed by atoms with E-state index in [1.807, 2.05) is 36.4 Å². The van der Waals surface area contributed by atoms with E-state index in [9.17, 15) is 9.59 Å². The van der Waals surface area contributed by atoms with Crippen molar-refractivity contribution in [1.29, 1.82) is 0 Å². The number of hydrogen-bond donors (Lipinski definition) is 3. The molecule has 2 heterocycles. The second kappa shape index (κ2) is 6.59. The number of para-hydroxylation sites is 1. The highest BCUT2D eigenvalue weighted by molar-refractivity contribution is 5.99. The molecule has 0 fully saturated rings. The Morgan fingerprint density at radius 1 is 0.967 bits per heavy atom. The summed E-state index contributed by atoms with van der Waals surface area (Å²) in [5.74, 6) is -1.03. The highest BCUT2D eigenvalue weighted by atomic mass is 16.4. The van der Waals surface area contributed by atoms with Crippen molar-refractivity contribution >= 4 is 22.6 Å². The van der Waals surface area contributed by atoms with Gasteiger partial charge in [-0.25, -0.2) is 4.79 Å². The number of carbonyl (C=O) groups is 1. The number of aromatic nitrogens is 3. The predicted octanol–water partition coefficient (Wildman–Crippen LogP) is 3.77. The molecule has 0 aromatic heterocycles. The van der Waals surface area contributed by atoms with E-state index in [0.29, 0.717) is 28.3 Å². The normalized spacial score (nSPS) is 11.2. The smallest absolute Gasteiger partial charge is 0.335 e. The molecule has 0 saturated carbocycles. The molecule has 0 unspecified atom stereocenters. The average molecular weight is 396 g/mol. The number of fused-ring (bicyclic) bond motifs is 3. The number of anilines is 1. The lowest BCUT2D eigenvalue weighted by molar-refractivity contribution is 0.0697. The highest BCUT2D eigenvalue weighted by Gasteiger charge is 2.24. The summed E-state index contributed by atoms with van der Waals surface area (Å²) in [7, 11) is 0. The Morgan fingerprint density at radius 2 is 1.67 bits per heavy atom.